The van der Waals surface area contributed by atoms with Gasteiger partial charge in [0.05, 0.1) is 17.3 Å². The van der Waals surface area contributed by atoms with Gasteiger partial charge >= 0.3 is 0 Å². The highest BCUT2D eigenvalue weighted by atomic mass is 35.5. The van der Waals surface area contributed by atoms with E-state index in [0.717, 1.165) is 5.56 Å². The summed E-state index contributed by atoms with van der Waals surface area (Å²) in [5.74, 6) is -0.132. The molecule has 0 aliphatic heterocycles. The van der Waals surface area contributed by atoms with Gasteiger partial charge in [-0.2, -0.15) is 0 Å². The molecule has 0 saturated heterocycles. The van der Waals surface area contributed by atoms with Crippen molar-refractivity contribution in [2.45, 2.75) is 6.92 Å². The molecule has 6 heteroatoms. The number of hydrogen-bond acceptors (Lipinski definition) is 3. The zero-order valence-corrected chi connectivity index (χ0v) is 13.4. The summed E-state index contributed by atoms with van der Waals surface area (Å²) in [6.07, 6.45) is 0. The van der Waals surface area contributed by atoms with Crippen LogP contribution >= 0.6 is 11.6 Å². The summed E-state index contributed by atoms with van der Waals surface area (Å²) in [6, 6.07) is 14.2. The van der Waals surface area contributed by atoms with Crippen LogP contribution in [0.4, 0.5) is 5.69 Å². The Morgan fingerprint density at radius 3 is 2.43 bits per heavy atom. The van der Waals surface area contributed by atoms with Crippen molar-refractivity contribution in [3.8, 4) is 5.75 Å². The monoisotopic (exact) mass is 332 g/mol. The van der Waals surface area contributed by atoms with Gasteiger partial charge in [-0.05, 0) is 31.2 Å². The molecular weight excluding hydrogens is 316 g/mol. The van der Waals surface area contributed by atoms with E-state index < -0.39 is 0 Å². The minimum absolute atomic E-state index is 0.150. The van der Waals surface area contributed by atoms with E-state index >= 15 is 0 Å². The van der Waals surface area contributed by atoms with Crippen LogP contribution in [-0.2, 0) is 9.59 Å². The molecule has 2 amide bonds. The fraction of sp³-hybridized carbons (Fsp3) is 0.176. The molecule has 0 aliphatic rings. The first-order chi connectivity index (χ1) is 11.0. The van der Waals surface area contributed by atoms with E-state index in [1.54, 1.807) is 36.4 Å². The number of para-hydroxylation sites is 1. The van der Waals surface area contributed by atoms with Crippen molar-refractivity contribution in [2.24, 2.45) is 0 Å². The van der Waals surface area contributed by atoms with Gasteiger partial charge in [0.25, 0.3) is 5.91 Å². The third-order valence-corrected chi connectivity index (χ3v) is 3.31. The van der Waals surface area contributed by atoms with E-state index in [-0.39, 0.29) is 25.0 Å². The predicted molar refractivity (Wildman–Crippen MR) is 89.8 cm³/mol. The predicted octanol–water partition coefficient (Wildman–Crippen LogP) is 2.78. The van der Waals surface area contributed by atoms with Gasteiger partial charge in [-0.15, -0.1) is 0 Å². The number of carbonyl (C=O) groups is 2. The van der Waals surface area contributed by atoms with Crippen LogP contribution in [0.25, 0.3) is 0 Å². The highest BCUT2D eigenvalue weighted by Gasteiger charge is 2.08. The van der Waals surface area contributed by atoms with Crippen molar-refractivity contribution in [3.63, 3.8) is 0 Å². The summed E-state index contributed by atoms with van der Waals surface area (Å²) < 4.78 is 5.33. The minimum atomic E-state index is -0.375. The standard InChI is InChI=1S/C17H17ClN2O3/c1-12-6-8-13(9-7-12)23-11-17(22)19-10-16(21)20-15-5-3-2-4-14(15)18/h2-9H,10-11H2,1H3,(H,19,22)(H,20,21). The molecule has 0 heterocycles. The van der Waals surface area contributed by atoms with Gasteiger partial charge in [0.1, 0.15) is 5.75 Å². The smallest absolute Gasteiger partial charge is 0.258 e. The largest absolute Gasteiger partial charge is 0.484 e. The second-order valence-electron chi connectivity index (χ2n) is 4.91. The molecule has 2 N–H and O–H groups in total. The lowest BCUT2D eigenvalue weighted by molar-refractivity contribution is -0.125. The Morgan fingerprint density at radius 2 is 1.74 bits per heavy atom. The molecule has 2 aromatic rings. The zero-order chi connectivity index (χ0) is 16.7. The molecule has 0 aromatic heterocycles. The fourth-order valence-electron chi connectivity index (χ4n) is 1.77. The quantitative estimate of drug-likeness (QED) is 0.854. The maximum atomic E-state index is 11.8. The average Bonchev–Trinajstić information content (AvgIpc) is 2.54. The average molecular weight is 333 g/mol. The SMILES string of the molecule is Cc1ccc(OCC(=O)NCC(=O)Nc2ccccc2Cl)cc1. The molecule has 2 rings (SSSR count). The maximum Gasteiger partial charge on any atom is 0.258 e. The molecule has 120 valence electrons. The van der Waals surface area contributed by atoms with E-state index in [0.29, 0.717) is 16.5 Å². The molecule has 0 aliphatic carbocycles. The van der Waals surface area contributed by atoms with Crippen LogP contribution in [0.15, 0.2) is 48.5 Å². The Balaban J connectivity index is 1.72. The lowest BCUT2D eigenvalue weighted by atomic mass is 10.2. The first-order valence-corrected chi connectivity index (χ1v) is 7.43. The van der Waals surface area contributed by atoms with Gasteiger partial charge < -0.3 is 15.4 Å². The molecule has 23 heavy (non-hydrogen) atoms. The summed E-state index contributed by atoms with van der Waals surface area (Å²) in [5, 5.41) is 5.54. The summed E-state index contributed by atoms with van der Waals surface area (Å²) in [6.45, 7) is 1.66. The molecule has 5 nitrogen and oxygen atoms in total. The normalized spacial score (nSPS) is 10.0. The van der Waals surface area contributed by atoms with Crippen molar-refractivity contribution >= 4 is 29.1 Å². The number of ether oxygens (including phenoxy) is 1. The van der Waals surface area contributed by atoms with Crippen molar-refractivity contribution in [1.82, 2.24) is 5.32 Å². The number of anilines is 1. The van der Waals surface area contributed by atoms with Crippen LogP contribution in [0.5, 0.6) is 5.75 Å². The Labute approximate surface area is 139 Å². The number of halogens is 1. The molecule has 0 fully saturated rings. The third kappa shape index (κ3) is 5.64. The number of amides is 2. The summed E-state index contributed by atoms with van der Waals surface area (Å²) in [5.41, 5.74) is 1.61. The molecule has 2 aromatic carbocycles. The van der Waals surface area contributed by atoms with Crippen LogP contribution in [0, 0.1) is 6.92 Å². The van der Waals surface area contributed by atoms with Crippen LogP contribution in [0.3, 0.4) is 0 Å². The molecule has 0 radical (unpaired) electrons. The third-order valence-electron chi connectivity index (χ3n) is 2.98. The van der Waals surface area contributed by atoms with Crippen LogP contribution < -0.4 is 15.4 Å². The second-order valence-corrected chi connectivity index (χ2v) is 5.31. The van der Waals surface area contributed by atoms with Gasteiger partial charge in [-0.25, -0.2) is 0 Å². The van der Waals surface area contributed by atoms with Crippen LogP contribution in [0.1, 0.15) is 5.56 Å². The lowest BCUT2D eigenvalue weighted by Crippen LogP contribution is -2.35. The number of nitrogens with one attached hydrogen (secondary N) is 2. The van der Waals surface area contributed by atoms with Crippen molar-refractivity contribution in [1.29, 1.82) is 0 Å². The van der Waals surface area contributed by atoms with Crippen LogP contribution in [0.2, 0.25) is 5.02 Å². The van der Waals surface area contributed by atoms with E-state index in [9.17, 15) is 9.59 Å². The Morgan fingerprint density at radius 1 is 1.04 bits per heavy atom. The topological polar surface area (TPSA) is 67.4 Å². The fourth-order valence-corrected chi connectivity index (χ4v) is 1.95. The maximum absolute atomic E-state index is 11.8. The number of benzene rings is 2. The Kier molecular flexibility index (Phi) is 6.00. The van der Waals surface area contributed by atoms with Crippen LogP contribution in [-0.4, -0.2) is 25.0 Å². The number of hydrogen-bond donors (Lipinski definition) is 2. The van der Waals surface area contributed by atoms with E-state index in [2.05, 4.69) is 10.6 Å². The van der Waals surface area contributed by atoms with E-state index in [4.69, 9.17) is 16.3 Å². The number of carbonyl (C=O) groups excluding carboxylic acids is 2. The molecular formula is C17H17ClN2O3. The second kappa shape index (κ2) is 8.19. The van der Waals surface area contributed by atoms with Crippen molar-refractivity contribution in [3.05, 3.63) is 59.1 Å². The highest BCUT2D eigenvalue weighted by Crippen LogP contribution is 2.19. The van der Waals surface area contributed by atoms with E-state index in [1.807, 2.05) is 19.1 Å². The molecule has 0 unspecified atom stereocenters. The first kappa shape index (κ1) is 16.8. The first-order valence-electron chi connectivity index (χ1n) is 7.05. The van der Waals surface area contributed by atoms with Gasteiger partial charge in [-0.3, -0.25) is 9.59 Å². The Hall–Kier alpha value is -2.53. The molecule has 0 bridgehead atoms. The van der Waals surface area contributed by atoms with Gasteiger partial charge in [0.15, 0.2) is 6.61 Å². The van der Waals surface area contributed by atoms with Crippen molar-refractivity contribution in [2.75, 3.05) is 18.5 Å². The zero-order valence-electron chi connectivity index (χ0n) is 12.6. The molecule has 0 atom stereocenters. The summed E-state index contributed by atoms with van der Waals surface area (Å²) in [4.78, 5) is 23.4. The van der Waals surface area contributed by atoms with E-state index in [1.165, 1.54) is 0 Å². The number of aryl methyl sites for hydroxylation is 1. The van der Waals surface area contributed by atoms with Crippen molar-refractivity contribution < 1.29 is 14.3 Å². The number of rotatable bonds is 6. The minimum Gasteiger partial charge on any atom is -0.484 e. The van der Waals surface area contributed by atoms with Gasteiger partial charge in [-0.1, -0.05) is 41.4 Å². The molecule has 0 saturated carbocycles. The molecule has 0 spiro atoms. The summed E-state index contributed by atoms with van der Waals surface area (Å²) in [7, 11) is 0. The van der Waals surface area contributed by atoms with Gasteiger partial charge in [0, 0.05) is 0 Å². The van der Waals surface area contributed by atoms with Gasteiger partial charge in [0.2, 0.25) is 5.91 Å². The summed E-state index contributed by atoms with van der Waals surface area (Å²) >= 11 is 5.94. The Bertz CT molecular complexity index is 686. The highest BCUT2D eigenvalue weighted by molar-refractivity contribution is 6.33. The lowest BCUT2D eigenvalue weighted by Gasteiger charge is -2.09.